The molecule has 1 radical (unpaired) electrons. The van der Waals surface area contributed by atoms with Crippen molar-refractivity contribution in [3.05, 3.63) is 42.2 Å². The molecule has 0 N–H and O–H groups in total. The summed E-state index contributed by atoms with van der Waals surface area (Å²) in [5.74, 6) is 0. The number of nitrogens with zero attached hydrogens (tertiary/aromatic N) is 2. The molecule has 2 heteroatoms. The van der Waals surface area contributed by atoms with Gasteiger partial charge >= 0.3 is 0 Å². The van der Waals surface area contributed by atoms with Crippen molar-refractivity contribution < 1.29 is 0 Å². The second-order valence-corrected chi connectivity index (χ2v) is 3.02. The van der Waals surface area contributed by atoms with Crippen LogP contribution in [0.3, 0.4) is 0 Å². The van der Waals surface area contributed by atoms with Crippen LogP contribution in [-0.4, -0.2) is 4.98 Å². The first-order valence-electron chi connectivity index (χ1n) is 4.20. The summed E-state index contributed by atoms with van der Waals surface area (Å²) in [5.41, 5.74) is 3.15. The lowest BCUT2D eigenvalue weighted by Crippen LogP contribution is -1.86. The fourth-order valence-corrected chi connectivity index (χ4v) is 1.61. The minimum atomic E-state index is 0.991. The standard InChI is InChI=1S/C11H7N2/c1-2-8-3-4-9-5-7-13-11(9)10(8)12-6-1/h1-7H. The molecule has 1 aliphatic rings. The van der Waals surface area contributed by atoms with E-state index in [1.54, 1.807) is 6.20 Å². The Bertz CT molecular complexity index is 500. The molecule has 0 saturated heterocycles. The molecule has 1 aliphatic heterocycles. The van der Waals surface area contributed by atoms with Crippen LogP contribution in [0.25, 0.3) is 17.0 Å². The number of fused-ring (bicyclic) bond motifs is 3. The fourth-order valence-electron chi connectivity index (χ4n) is 1.61. The van der Waals surface area contributed by atoms with Crippen molar-refractivity contribution in [2.24, 2.45) is 0 Å². The summed E-state index contributed by atoms with van der Waals surface area (Å²) >= 11 is 0. The molecule has 13 heavy (non-hydrogen) atoms. The second-order valence-electron chi connectivity index (χ2n) is 3.02. The van der Waals surface area contributed by atoms with E-state index in [0.29, 0.717) is 0 Å². The van der Waals surface area contributed by atoms with Crippen LogP contribution < -0.4 is 5.32 Å². The van der Waals surface area contributed by atoms with E-state index in [-0.39, 0.29) is 0 Å². The van der Waals surface area contributed by atoms with E-state index < -0.39 is 0 Å². The first-order chi connectivity index (χ1) is 6.45. The normalized spacial score (nSPS) is 12.9. The summed E-state index contributed by atoms with van der Waals surface area (Å²) in [6, 6.07) is 8.15. The van der Waals surface area contributed by atoms with Crippen LogP contribution >= 0.6 is 0 Å². The highest BCUT2D eigenvalue weighted by atomic mass is 14.9. The van der Waals surface area contributed by atoms with Gasteiger partial charge in [0.25, 0.3) is 0 Å². The summed E-state index contributed by atoms with van der Waals surface area (Å²) in [6.45, 7) is 0. The minimum absolute atomic E-state index is 0.991. The summed E-state index contributed by atoms with van der Waals surface area (Å²) in [6.07, 6.45) is 5.62. The van der Waals surface area contributed by atoms with E-state index in [1.807, 2.05) is 18.3 Å². The topological polar surface area (TPSA) is 27.0 Å². The number of benzene rings is 1. The number of pyridine rings is 1. The molecule has 3 rings (SSSR count). The lowest BCUT2D eigenvalue weighted by atomic mass is 10.1. The maximum Gasteiger partial charge on any atom is 0.0965 e. The predicted molar refractivity (Wildman–Crippen MR) is 52.6 cm³/mol. The van der Waals surface area contributed by atoms with Gasteiger partial charge in [-0.1, -0.05) is 18.2 Å². The molecule has 0 amide bonds. The van der Waals surface area contributed by atoms with E-state index in [4.69, 9.17) is 0 Å². The highest BCUT2D eigenvalue weighted by Gasteiger charge is 2.10. The minimum Gasteiger partial charge on any atom is -0.254 e. The summed E-state index contributed by atoms with van der Waals surface area (Å²) in [4.78, 5) is 4.32. The van der Waals surface area contributed by atoms with Crippen molar-refractivity contribution in [1.82, 2.24) is 10.3 Å². The first kappa shape index (κ1) is 6.66. The third-order valence-electron chi connectivity index (χ3n) is 2.24. The zero-order valence-corrected chi connectivity index (χ0v) is 6.94. The Kier molecular flexibility index (Phi) is 1.19. The molecule has 1 aromatic heterocycles. The van der Waals surface area contributed by atoms with Crippen LogP contribution in [0.4, 0.5) is 5.69 Å². The molecular formula is C11H7N2. The third kappa shape index (κ3) is 0.855. The van der Waals surface area contributed by atoms with Gasteiger partial charge in [0, 0.05) is 23.3 Å². The molecule has 0 aliphatic carbocycles. The van der Waals surface area contributed by atoms with Crippen LogP contribution in [0, 0.1) is 0 Å². The quantitative estimate of drug-likeness (QED) is 0.592. The van der Waals surface area contributed by atoms with Gasteiger partial charge in [-0.25, -0.2) is 0 Å². The van der Waals surface area contributed by atoms with Crippen molar-refractivity contribution in [3.63, 3.8) is 0 Å². The molecule has 61 valence electrons. The maximum atomic E-state index is 4.32. The molecule has 0 saturated carbocycles. The van der Waals surface area contributed by atoms with Gasteiger partial charge in [0.05, 0.1) is 11.2 Å². The van der Waals surface area contributed by atoms with Gasteiger partial charge in [-0.15, -0.1) is 0 Å². The SMILES string of the molecule is C1=Cc2ccc3cccnc3c2[N]1. The predicted octanol–water partition coefficient (Wildman–Crippen LogP) is 2.46. The Hall–Kier alpha value is -1.83. The van der Waals surface area contributed by atoms with Gasteiger partial charge in [-0.2, -0.15) is 0 Å². The van der Waals surface area contributed by atoms with E-state index in [2.05, 4.69) is 28.5 Å². The Labute approximate surface area is 75.9 Å². The molecular weight excluding hydrogens is 160 g/mol. The Morgan fingerprint density at radius 1 is 1.08 bits per heavy atom. The fraction of sp³-hybridized carbons (Fsp3) is 0. The number of hydrogen-bond acceptors (Lipinski definition) is 1. The van der Waals surface area contributed by atoms with E-state index in [1.165, 1.54) is 0 Å². The molecule has 1 aromatic carbocycles. The van der Waals surface area contributed by atoms with E-state index >= 15 is 0 Å². The molecule has 2 heterocycles. The molecule has 2 aromatic rings. The average molecular weight is 167 g/mol. The Balaban J connectivity index is 2.46. The van der Waals surface area contributed by atoms with Gasteiger partial charge in [0.1, 0.15) is 0 Å². The third-order valence-corrected chi connectivity index (χ3v) is 2.24. The maximum absolute atomic E-state index is 4.32. The van der Waals surface area contributed by atoms with Crippen molar-refractivity contribution in [2.75, 3.05) is 0 Å². The van der Waals surface area contributed by atoms with Crippen LogP contribution in [0.1, 0.15) is 5.56 Å². The smallest absolute Gasteiger partial charge is 0.0965 e. The molecule has 0 spiro atoms. The number of rotatable bonds is 0. The summed E-state index contributed by atoms with van der Waals surface area (Å²) in [7, 11) is 0. The molecule has 0 atom stereocenters. The van der Waals surface area contributed by atoms with Gasteiger partial charge in [0.2, 0.25) is 0 Å². The highest BCUT2D eigenvalue weighted by Crippen LogP contribution is 2.30. The van der Waals surface area contributed by atoms with Crippen molar-refractivity contribution in [1.29, 1.82) is 0 Å². The lowest BCUT2D eigenvalue weighted by Gasteiger charge is -2.01. The second kappa shape index (κ2) is 2.33. The largest absolute Gasteiger partial charge is 0.254 e. The van der Waals surface area contributed by atoms with Crippen molar-refractivity contribution in [2.45, 2.75) is 0 Å². The van der Waals surface area contributed by atoms with Gasteiger partial charge in [-0.3, -0.25) is 10.3 Å². The van der Waals surface area contributed by atoms with Crippen LogP contribution in [0.2, 0.25) is 0 Å². The summed E-state index contributed by atoms with van der Waals surface area (Å²) < 4.78 is 0. The monoisotopic (exact) mass is 167 g/mol. The number of aromatic nitrogens is 1. The van der Waals surface area contributed by atoms with Gasteiger partial charge in [0.15, 0.2) is 0 Å². The highest BCUT2D eigenvalue weighted by molar-refractivity contribution is 5.94. The Morgan fingerprint density at radius 2 is 2.08 bits per heavy atom. The van der Waals surface area contributed by atoms with Crippen molar-refractivity contribution in [3.8, 4) is 0 Å². The average Bonchev–Trinajstić information content (AvgIpc) is 2.65. The van der Waals surface area contributed by atoms with Crippen LogP contribution in [0.5, 0.6) is 0 Å². The van der Waals surface area contributed by atoms with E-state index in [0.717, 1.165) is 22.2 Å². The zero-order valence-electron chi connectivity index (χ0n) is 6.94. The van der Waals surface area contributed by atoms with Gasteiger partial charge in [-0.05, 0) is 12.1 Å². The molecule has 0 unspecified atom stereocenters. The van der Waals surface area contributed by atoms with E-state index in [9.17, 15) is 0 Å². The first-order valence-corrected chi connectivity index (χ1v) is 4.20. The van der Waals surface area contributed by atoms with Gasteiger partial charge < -0.3 is 0 Å². The number of hydrogen-bond donors (Lipinski definition) is 0. The Morgan fingerprint density at radius 3 is 3.08 bits per heavy atom. The molecule has 0 bridgehead atoms. The lowest BCUT2D eigenvalue weighted by molar-refractivity contribution is 1.22. The van der Waals surface area contributed by atoms with Crippen molar-refractivity contribution >= 4 is 22.7 Å². The summed E-state index contributed by atoms with van der Waals surface area (Å²) in [5, 5.41) is 5.43. The van der Waals surface area contributed by atoms with Crippen LogP contribution in [0.15, 0.2) is 36.7 Å². The zero-order chi connectivity index (χ0) is 8.67. The van der Waals surface area contributed by atoms with Crippen LogP contribution in [-0.2, 0) is 0 Å². The molecule has 0 fully saturated rings. The molecule has 2 nitrogen and oxygen atoms in total.